The van der Waals surface area contributed by atoms with E-state index in [1.165, 1.54) is 6.20 Å². The molecular weight excluding hydrogens is 257 g/mol. The third kappa shape index (κ3) is 4.15. The van der Waals surface area contributed by atoms with Gasteiger partial charge in [0.25, 0.3) is 0 Å². The molecule has 1 aromatic heterocycles. The summed E-state index contributed by atoms with van der Waals surface area (Å²) in [4.78, 5) is 6.42. The SMILES string of the molecule is CCNCc1cc(F)cnc1N(C)CC1CCOCC1. The Kier molecular flexibility index (Phi) is 5.73. The van der Waals surface area contributed by atoms with Crippen LogP contribution in [0.5, 0.6) is 0 Å². The topological polar surface area (TPSA) is 37.4 Å². The zero-order valence-electron chi connectivity index (χ0n) is 12.4. The van der Waals surface area contributed by atoms with Crippen molar-refractivity contribution in [2.75, 3.05) is 38.3 Å². The summed E-state index contributed by atoms with van der Waals surface area (Å²) in [6.07, 6.45) is 3.48. The summed E-state index contributed by atoms with van der Waals surface area (Å²) < 4.78 is 18.8. The normalized spacial score (nSPS) is 16.4. The average Bonchev–Trinajstić information content (AvgIpc) is 2.46. The molecule has 20 heavy (non-hydrogen) atoms. The van der Waals surface area contributed by atoms with Gasteiger partial charge in [-0.25, -0.2) is 9.37 Å². The zero-order chi connectivity index (χ0) is 14.4. The van der Waals surface area contributed by atoms with E-state index in [1.807, 2.05) is 14.0 Å². The number of halogens is 1. The molecule has 1 fully saturated rings. The second kappa shape index (κ2) is 7.55. The summed E-state index contributed by atoms with van der Waals surface area (Å²) in [5, 5.41) is 3.24. The predicted octanol–water partition coefficient (Wildman–Crippen LogP) is 2.19. The van der Waals surface area contributed by atoms with Crippen LogP contribution in [0.1, 0.15) is 25.3 Å². The van der Waals surface area contributed by atoms with Gasteiger partial charge in [0.2, 0.25) is 0 Å². The Morgan fingerprint density at radius 3 is 2.90 bits per heavy atom. The maximum absolute atomic E-state index is 13.4. The molecule has 1 aliphatic heterocycles. The Morgan fingerprint density at radius 2 is 2.20 bits per heavy atom. The highest BCUT2D eigenvalue weighted by Gasteiger charge is 2.18. The van der Waals surface area contributed by atoms with E-state index in [-0.39, 0.29) is 5.82 Å². The van der Waals surface area contributed by atoms with Gasteiger partial charge in [0, 0.05) is 38.9 Å². The molecule has 0 aliphatic carbocycles. The largest absolute Gasteiger partial charge is 0.381 e. The monoisotopic (exact) mass is 281 g/mol. The van der Waals surface area contributed by atoms with Gasteiger partial charge in [0.05, 0.1) is 6.20 Å². The summed E-state index contributed by atoms with van der Waals surface area (Å²) >= 11 is 0. The van der Waals surface area contributed by atoms with Crippen molar-refractivity contribution in [3.05, 3.63) is 23.6 Å². The lowest BCUT2D eigenvalue weighted by atomic mass is 10.00. The number of rotatable bonds is 6. The lowest BCUT2D eigenvalue weighted by Gasteiger charge is -2.29. The van der Waals surface area contributed by atoms with Crippen LogP contribution in [0.2, 0.25) is 0 Å². The first kappa shape index (κ1) is 15.2. The van der Waals surface area contributed by atoms with Crippen LogP contribution in [0.3, 0.4) is 0 Å². The average molecular weight is 281 g/mol. The second-order valence-electron chi connectivity index (χ2n) is 5.35. The number of ether oxygens (including phenoxy) is 1. The van der Waals surface area contributed by atoms with E-state index in [9.17, 15) is 4.39 Å². The standard InChI is InChI=1S/C15H24FN3O/c1-3-17-9-13-8-14(16)10-18-15(13)19(2)11-12-4-6-20-7-5-12/h8,10,12,17H,3-7,9,11H2,1-2H3. The fourth-order valence-electron chi connectivity index (χ4n) is 2.61. The number of hydrogen-bond donors (Lipinski definition) is 1. The fourth-order valence-corrected chi connectivity index (χ4v) is 2.61. The summed E-state index contributed by atoms with van der Waals surface area (Å²) in [6.45, 7) is 6.19. The summed E-state index contributed by atoms with van der Waals surface area (Å²) in [6, 6.07) is 1.57. The third-order valence-electron chi connectivity index (χ3n) is 3.71. The van der Waals surface area contributed by atoms with E-state index in [4.69, 9.17) is 4.74 Å². The Labute approximate surface area is 120 Å². The number of nitrogens with one attached hydrogen (secondary N) is 1. The van der Waals surface area contributed by atoms with Crippen LogP contribution in [0.25, 0.3) is 0 Å². The number of pyridine rings is 1. The van der Waals surface area contributed by atoms with Crippen molar-refractivity contribution in [2.24, 2.45) is 5.92 Å². The van der Waals surface area contributed by atoms with E-state index in [2.05, 4.69) is 15.2 Å². The summed E-state index contributed by atoms with van der Waals surface area (Å²) in [5.41, 5.74) is 0.918. The second-order valence-corrected chi connectivity index (χ2v) is 5.35. The molecule has 0 aromatic carbocycles. The molecule has 2 heterocycles. The van der Waals surface area contributed by atoms with Crippen molar-refractivity contribution in [3.8, 4) is 0 Å². The van der Waals surface area contributed by atoms with E-state index in [0.717, 1.165) is 50.5 Å². The van der Waals surface area contributed by atoms with Gasteiger partial charge in [-0.2, -0.15) is 0 Å². The third-order valence-corrected chi connectivity index (χ3v) is 3.71. The minimum atomic E-state index is -0.277. The lowest BCUT2D eigenvalue weighted by Crippen LogP contribution is -2.31. The van der Waals surface area contributed by atoms with Gasteiger partial charge in [-0.05, 0) is 31.4 Å². The van der Waals surface area contributed by atoms with Crippen LogP contribution in [0.4, 0.5) is 10.2 Å². The number of hydrogen-bond acceptors (Lipinski definition) is 4. The molecule has 1 N–H and O–H groups in total. The first-order valence-corrected chi connectivity index (χ1v) is 7.34. The van der Waals surface area contributed by atoms with E-state index >= 15 is 0 Å². The Balaban J connectivity index is 2.05. The van der Waals surface area contributed by atoms with Crippen LogP contribution in [-0.2, 0) is 11.3 Å². The molecule has 0 amide bonds. The van der Waals surface area contributed by atoms with Crippen molar-refractivity contribution in [3.63, 3.8) is 0 Å². The molecule has 0 saturated carbocycles. The molecule has 4 nitrogen and oxygen atoms in total. The van der Waals surface area contributed by atoms with Crippen LogP contribution in [-0.4, -0.2) is 38.3 Å². The van der Waals surface area contributed by atoms with Crippen molar-refractivity contribution >= 4 is 5.82 Å². The number of aromatic nitrogens is 1. The number of nitrogens with zero attached hydrogens (tertiary/aromatic N) is 2. The van der Waals surface area contributed by atoms with E-state index < -0.39 is 0 Å². The minimum absolute atomic E-state index is 0.277. The molecule has 1 saturated heterocycles. The highest BCUT2D eigenvalue weighted by atomic mass is 19.1. The van der Waals surface area contributed by atoms with Crippen molar-refractivity contribution < 1.29 is 9.13 Å². The van der Waals surface area contributed by atoms with Crippen molar-refractivity contribution in [1.82, 2.24) is 10.3 Å². The Hall–Kier alpha value is -1.20. The smallest absolute Gasteiger partial charge is 0.141 e. The van der Waals surface area contributed by atoms with E-state index in [0.29, 0.717) is 12.5 Å². The highest BCUT2D eigenvalue weighted by molar-refractivity contribution is 5.46. The molecule has 5 heteroatoms. The number of anilines is 1. The molecule has 0 unspecified atom stereocenters. The Morgan fingerprint density at radius 1 is 1.45 bits per heavy atom. The van der Waals surface area contributed by atoms with Gasteiger partial charge in [0.1, 0.15) is 11.6 Å². The van der Waals surface area contributed by atoms with Gasteiger partial charge in [-0.15, -0.1) is 0 Å². The molecular formula is C15H24FN3O. The maximum Gasteiger partial charge on any atom is 0.141 e. The molecule has 1 aliphatic rings. The Bertz CT molecular complexity index is 422. The van der Waals surface area contributed by atoms with Crippen LogP contribution >= 0.6 is 0 Å². The highest BCUT2D eigenvalue weighted by Crippen LogP contribution is 2.22. The minimum Gasteiger partial charge on any atom is -0.381 e. The maximum atomic E-state index is 13.4. The van der Waals surface area contributed by atoms with Gasteiger partial charge < -0.3 is 15.0 Å². The summed E-state index contributed by atoms with van der Waals surface area (Å²) in [7, 11) is 2.03. The van der Waals surface area contributed by atoms with Crippen molar-refractivity contribution in [1.29, 1.82) is 0 Å². The van der Waals surface area contributed by atoms with Gasteiger partial charge in [-0.3, -0.25) is 0 Å². The quantitative estimate of drug-likeness (QED) is 0.867. The molecule has 1 aromatic rings. The lowest BCUT2D eigenvalue weighted by molar-refractivity contribution is 0.0685. The predicted molar refractivity (Wildman–Crippen MR) is 78.4 cm³/mol. The van der Waals surface area contributed by atoms with Gasteiger partial charge in [0.15, 0.2) is 0 Å². The van der Waals surface area contributed by atoms with Crippen molar-refractivity contribution in [2.45, 2.75) is 26.3 Å². The molecule has 112 valence electrons. The molecule has 0 spiro atoms. The molecule has 2 rings (SSSR count). The van der Waals surface area contributed by atoms with Gasteiger partial charge >= 0.3 is 0 Å². The first-order chi connectivity index (χ1) is 9.70. The van der Waals surface area contributed by atoms with Crippen LogP contribution < -0.4 is 10.2 Å². The van der Waals surface area contributed by atoms with Crippen LogP contribution in [0, 0.1) is 11.7 Å². The van der Waals surface area contributed by atoms with Gasteiger partial charge in [-0.1, -0.05) is 6.92 Å². The summed E-state index contributed by atoms with van der Waals surface area (Å²) in [5.74, 6) is 1.23. The van der Waals surface area contributed by atoms with E-state index in [1.54, 1.807) is 6.07 Å². The molecule has 0 atom stereocenters. The van der Waals surface area contributed by atoms with Crippen LogP contribution in [0.15, 0.2) is 12.3 Å². The molecule has 0 radical (unpaired) electrons. The molecule has 0 bridgehead atoms. The fraction of sp³-hybridized carbons (Fsp3) is 0.667. The zero-order valence-corrected chi connectivity index (χ0v) is 12.4. The first-order valence-electron chi connectivity index (χ1n) is 7.34.